The van der Waals surface area contributed by atoms with Gasteiger partial charge in [0.15, 0.2) is 0 Å². The summed E-state index contributed by atoms with van der Waals surface area (Å²) in [5.41, 5.74) is 0. The number of unbranched alkanes of at least 4 members (excludes halogenated alkanes) is 2. The monoisotopic (exact) mass is 226 g/mol. The Morgan fingerprint density at radius 1 is 1.08 bits per heavy atom. The lowest BCUT2D eigenvalue weighted by Gasteiger charge is -2.07. The van der Waals surface area contributed by atoms with Crippen LogP contribution < -0.4 is 0 Å². The van der Waals surface area contributed by atoms with Crippen LogP contribution >= 0.6 is 0 Å². The van der Waals surface area contributed by atoms with Crippen molar-refractivity contribution in [2.75, 3.05) is 13.2 Å². The van der Waals surface area contributed by atoms with E-state index in [4.69, 9.17) is 8.37 Å². The molecule has 0 aliphatic rings. The third kappa shape index (κ3) is 8.62. The fraction of sp³-hybridized carbons (Fsp3) is 1.00. The minimum absolute atomic E-state index is 0.422. The molecule has 0 spiro atoms. The molecule has 13 heavy (non-hydrogen) atoms. The van der Waals surface area contributed by atoms with E-state index in [0.29, 0.717) is 13.2 Å². The standard InChI is InChI=1S/C8H18O3S2/c1-3-5-7-10-13(9,12)11-8-6-4-2/h3-8H2,1-2H3. The van der Waals surface area contributed by atoms with E-state index in [1.54, 1.807) is 0 Å². The molecule has 0 aromatic rings. The lowest BCUT2D eigenvalue weighted by atomic mass is 10.4. The van der Waals surface area contributed by atoms with E-state index in [1.165, 1.54) is 0 Å². The molecule has 0 heterocycles. The Kier molecular flexibility index (Phi) is 7.84. The molecule has 0 aliphatic carbocycles. The third-order valence-corrected chi connectivity index (χ3v) is 2.94. The lowest BCUT2D eigenvalue weighted by Crippen LogP contribution is -2.10. The first-order chi connectivity index (χ1) is 6.12. The molecule has 0 bridgehead atoms. The predicted octanol–water partition coefficient (Wildman–Crippen LogP) is 2.20. The summed E-state index contributed by atoms with van der Waals surface area (Å²) in [6, 6.07) is 0. The second-order valence-electron chi connectivity index (χ2n) is 2.76. The van der Waals surface area contributed by atoms with Crippen LogP contribution in [0.15, 0.2) is 0 Å². The fourth-order valence-corrected chi connectivity index (χ4v) is 1.76. The van der Waals surface area contributed by atoms with Gasteiger partial charge in [-0.3, -0.25) is 8.37 Å². The minimum Gasteiger partial charge on any atom is -0.270 e. The summed E-state index contributed by atoms with van der Waals surface area (Å²) in [6.07, 6.45) is 3.73. The fourth-order valence-electron chi connectivity index (χ4n) is 0.645. The zero-order chi connectivity index (χ0) is 10.2. The van der Waals surface area contributed by atoms with Crippen molar-refractivity contribution < 1.29 is 12.6 Å². The predicted molar refractivity (Wildman–Crippen MR) is 57.2 cm³/mol. The molecule has 0 radical (unpaired) electrons. The molecular formula is C8H18O3S2. The van der Waals surface area contributed by atoms with Crippen LogP contribution in [0.2, 0.25) is 0 Å². The highest BCUT2D eigenvalue weighted by atomic mass is 32.9. The van der Waals surface area contributed by atoms with E-state index in [-0.39, 0.29) is 0 Å². The highest BCUT2D eigenvalue weighted by molar-refractivity contribution is 8.27. The maximum atomic E-state index is 11.3. The van der Waals surface area contributed by atoms with E-state index in [2.05, 4.69) is 11.2 Å². The highest BCUT2D eigenvalue weighted by Crippen LogP contribution is 2.01. The maximum Gasteiger partial charge on any atom is 0.269 e. The quantitative estimate of drug-likeness (QED) is 0.594. The summed E-state index contributed by atoms with van der Waals surface area (Å²) in [5, 5.41) is 0. The van der Waals surface area contributed by atoms with E-state index in [0.717, 1.165) is 25.7 Å². The van der Waals surface area contributed by atoms with E-state index in [9.17, 15) is 4.21 Å². The average Bonchev–Trinajstić information content (AvgIpc) is 2.05. The molecule has 0 unspecified atom stereocenters. The van der Waals surface area contributed by atoms with Gasteiger partial charge < -0.3 is 0 Å². The molecule has 0 saturated heterocycles. The van der Waals surface area contributed by atoms with Gasteiger partial charge in [-0.2, -0.15) is 4.21 Å². The Morgan fingerprint density at radius 2 is 1.46 bits per heavy atom. The van der Waals surface area contributed by atoms with Crippen molar-refractivity contribution in [2.24, 2.45) is 0 Å². The summed E-state index contributed by atoms with van der Waals surface area (Å²) in [5.74, 6) is 0. The van der Waals surface area contributed by atoms with Crippen LogP contribution in [0.1, 0.15) is 39.5 Å². The Morgan fingerprint density at radius 3 is 1.77 bits per heavy atom. The molecule has 5 heteroatoms. The van der Waals surface area contributed by atoms with Gasteiger partial charge in [-0.15, -0.1) is 0 Å². The summed E-state index contributed by atoms with van der Waals surface area (Å²) in [4.78, 5) is 0. The first kappa shape index (κ1) is 13.3. The normalized spacial score (nSPS) is 11.8. The van der Waals surface area contributed by atoms with Gasteiger partial charge in [-0.25, -0.2) is 0 Å². The lowest BCUT2D eigenvalue weighted by molar-refractivity contribution is 0.241. The van der Waals surface area contributed by atoms with Crippen LogP contribution in [0.4, 0.5) is 0 Å². The van der Waals surface area contributed by atoms with Gasteiger partial charge in [0, 0.05) is 11.2 Å². The van der Waals surface area contributed by atoms with Crippen molar-refractivity contribution >= 4 is 20.2 Å². The topological polar surface area (TPSA) is 35.5 Å². The molecule has 0 amide bonds. The molecule has 0 aromatic heterocycles. The molecule has 3 nitrogen and oxygen atoms in total. The molecule has 0 aromatic carbocycles. The highest BCUT2D eigenvalue weighted by Gasteiger charge is 2.05. The van der Waals surface area contributed by atoms with Crippen molar-refractivity contribution in [1.82, 2.24) is 0 Å². The van der Waals surface area contributed by atoms with Crippen LogP contribution in [0.3, 0.4) is 0 Å². The Bertz CT molecular complexity index is 183. The maximum absolute atomic E-state index is 11.3. The summed E-state index contributed by atoms with van der Waals surface area (Å²) in [7, 11) is -2.89. The van der Waals surface area contributed by atoms with Gasteiger partial charge >= 0.3 is 0 Å². The van der Waals surface area contributed by atoms with Crippen LogP contribution in [0, 0.1) is 0 Å². The zero-order valence-corrected chi connectivity index (χ0v) is 9.92. The molecule has 0 aliphatic heterocycles. The molecular weight excluding hydrogens is 208 g/mol. The van der Waals surface area contributed by atoms with Crippen molar-refractivity contribution in [1.29, 1.82) is 0 Å². The average molecular weight is 226 g/mol. The van der Waals surface area contributed by atoms with Crippen LogP contribution in [0.25, 0.3) is 0 Å². The Labute approximate surface area is 85.9 Å². The van der Waals surface area contributed by atoms with Gasteiger partial charge in [0.25, 0.3) is 9.05 Å². The molecule has 0 saturated carbocycles. The number of hydrogen-bond donors (Lipinski definition) is 0. The molecule has 80 valence electrons. The first-order valence-corrected chi connectivity index (χ1v) is 6.99. The largest absolute Gasteiger partial charge is 0.270 e. The SMILES string of the molecule is CCCCOS(=O)(=S)OCCCC. The van der Waals surface area contributed by atoms with E-state index < -0.39 is 9.05 Å². The third-order valence-electron chi connectivity index (χ3n) is 1.45. The molecule has 0 N–H and O–H groups in total. The van der Waals surface area contributed by atoms with Crippen molar-refractivity contribution in [2.45, 2.75) is 39.5 Å². The molecule has 0 fully saturated rings. The van der Waals surface area contributed by atoms with Gasteiger partial charge in [0.2, 0.25) is 0 Å². The van der Waals surface area contributed by atoms with Crippen molar-refractivity contribution in [3.63, 3.8) is 0 Å². The van der Waals surface area contributed by atoms with Gasteiger partial charge in [-0.05, 0) is 12.8 Å². The second-order valence-corrected chi connectivity index (χ2v) is 5.27. The number of hydrogen-bond acceptors (Lipinski definition) is 4. The molecule has 0 atom stereocenters. The van der Waals surface area contributed by atoms with E-state index in [1.807, 2.05) is 13.8 Å². The van der Waals surface area contributed by atoms with Gasteiger partial charge in [0.1, 0.15) is 0 Å². The smallest absolute Gasteiger partial charge is 0.269 e. The van der Waals surface area contributed by atoms with Gasteiger partial charge in [0.05, 0.1) is 13.2 Å². The van der Waals surface area contributed by atoms with Crippen LogP contribution in [0.5, 0.6) is 0 Å². The van der Waals surface area contributed by atoms with Crippen LogP contribution in [-0.2, 0) is 28.6 Å². The molecule has 0 rings (SSSR count). The first-order valence-electron chi connectivity index (χ1n) is 4.66. The Hall–Kier alpha value is 0.290. The summed E-state index contributed by atoms with van der Waals surface area (Å²) >= 11 is 4.65. The minimum atomic E-state index is -2.89. The van der Waals surface area contributed by atoms with Gasteiger partial charge in [-0.1, -0.05) is 26.7 Å². The van der Waals surface area contributed by atoms with E-state index >= 15 is 0 Å². The second kappa shape index (κ2) is 7.67. The summed E-state index contributed by atoms with van der Waals surface area (Å²) in [6.45, 7) is 4.91. The zero-order valence-electron chi connectivity index (χ0n) is 8.28. The van der Waals surface area contributed by atoms with Crippen molar-refractivity contribution in [3.8, 4) is 0 Å². The Balaban J connectivity index is 3.55. The van der Waals surface area contributed by atoms with Crippen LogP contribution in [-0.4, -0.2) is 17.4 Å². The summed E-state index contributed by atoms with van der Waals surface area (Å²) < 4.78 is 21.2. The number of rotatable bonds is 8. The van der Waals surface area contributed by atoms with Crippen molar-refractivity contribution in [3.05, 3.63) is 0 Å².